The van der Waals surface area contributed by atoms with E-state index in [2.05, 4.69) is 9.38 Å². The smallest absolute Gasteiger partial charge is 0.256 e. The summed E-state index contributed by atoms with van der Waals surface area (Å²) >= 11 is 0. The molecule has 0 saturated heterocycles. The summed E-state index contributed by atoms with van der Waals surface area (Å²) < 4.78 is 32.9. The molecule has 7 heteroatoms. The van der Waals surface area contributed by atoms with Crippen molar-refractivity contribution in [2.45, 2.75) is 0 Å². The SMILES string of the molecule is O=S1(=O)CCN2C(c3ccc(Oc4ccccn4)cc3)=CC=CC2=N1. The molecule has 0 unspecified atom stereocenters. The molecule has 0 fully saturated rings. The van der Waals surface area contributed by atoms with Crippen LogP contribution in [0.25, 0.3) is 5.70 Å². The summed E-state index contributed by atoms with van der Waals surface area (Å²) in [6.45, 7) is 0.392. The highest BCUT2D eigenvalue weighted by atomic mass is 32.2. The Morgan fingerprint density at radius 2 is 1.92 bits per heavy atom. The van der Waals surface area contributed by atoms with Crippen molar-refractivity contribution in [3.05, 3.63) is 72.5 Å². The molecule has 0 spiro atoms. The number of nitrogens with zero attached hydrogens (tertiary/aromatic N) is 3. The van der Waals surface area contributed by atoms with Crippen LogP contribution < -0.4 is 4.74 Å². The van der Waals surface area contributed by atoms with E-state index >= 15 is 0 Å². The van der Waals surface area contributed by atoms with Crippen molar-refractivity contribution in [1.82, 2.24) is 9.88 Å². The van der Waals surface area contributed by atoms with E-state index in [0.29, 0.717) is 24.0 Å². The molecule has 2 aliphatic heterocycles. The summed E-state index contributed by atoms with van der Waals surface area (Å²) in [5.41, 5.74) is 1.88. The topological polar surface area (TPSA) is 71.9 Å². The summed E-state index contributed by atoms with van der Waals surface area (Å²) in [7, 11) is -3.36. The van der Waals surface area contributed by atoms with Gasteiger partial charge in [0.1, 0.15) is 11.6 Å². The van der Waals surface area contributed by atoms with Gasteiger partial charge >= 0.3 is 0 Å². The van der Waals surface area contributed by atoms with Crippen molar-refractivity contribution in [1.29, 1.82) is 0 Å². The molecule has 0 atom stereocenters. The number of hydrogen-bond acceptors (Lipinski definition) is 5. The Morgan fingerprint density at radius 1 is 1.08 bits per heavy atom. The van der Waals surface area contributed by atoms with Crippen molar-refractivity contribution < 1.29 is 13.2 Å². The molecule has 2 aliphatic rings. The predicted octanol–water partition coefficient (Wildman–Crippen LogP) is 2.83. The van der Waals surface area contributed by atoms with E-state index in [-0.39, 0.29) is 5.75 Å². The second-order valence-corrected chi connectivity index (χ2v) is 7.35. The number of benzene rings is 1. The fourth-order valence-electron chi connectivity index (χ4n) is 2.71. The number of sulfonamides is 1. The molecule has 0 radical (unpaired) electrons. The first-order valence-electron chi connectivity index (χ1n) is 7.79. The van der Waals surface area contributed by atoms with Crippen molar-refractivity contribution in [3.63, 3.8) is 0 Å². The van der Waals surface area contributed by atoms with Gasteiger partial charge in [0, 0.05) is 24.5 Å². The summed E-state index contributed by atoms with van der Waals surface area (Å²) in [6.07, 6.45) is 7.14. The van der Waals surface area contributed by atoms with E-state index in [1.807, 2.05) is 53.5 Å². The van der Waals surface area contributed by atoms with Gasteiger partial charge in [-0.05, 0) is 48.0 Å². The van der Waals surface area contributed by atoms with Gasteiger partial charge < -0.3 is 9.64 Å². The molecule has 4 rings (SSSR count). The van der Waals surface area contributed by atoms with Gasteiger partial charge in [0.05, 0.1) is 5.75 Å². The number of amidine groups is 1. The molecule has 1 aromatic heterocycles. The van der Waals surface area contributed by atoms with Crippen LogP contribution in [0.15, 0.2) is 71.3 Å². The summed E-state index contributed by atoms with van der Waals surface area (Å²) in [5, 5.41) is 0. The van der Waals surface area contributed by atoms with Crippen LogP contribution in [0.4, 0.5) is 0 Å². The van der Waals surface area contributed by atoms with Crippen LogP contribution in [0.2, 0.25) is 0 Å². The zero-order valence-corrected chi connectivity index (χ0v) is 14.1. The first-order valence-corrected chi connectivity index (χ1v) is 9.39. The highest BCUT2D eigenvalue weighted by molar-refractivity contribution is 7.90. The van der Waals surface area contributed by atoms with Crippen molar-refractivity contribution >= 4 is 21.6 Å². The van der Waals surface area contributed by atoms with Crippen LogP contribution in [-0.2, 0) is 10.0 Å². The highest BCUT2D eigenvalue weighted by Gasteiger charge is 2.27. The lowest BCUT2D eigenvalue weighted by Gasteiger charge is -2.31. The molecule has 0 saturated carbocycles. The van der Waals surface area contributed by atoms with E-state index in [0.717, 1.165) is 11.3 Å². The lowest BCUT2D eigenvalue weighted by Crippen LogP contribution is -2.38. The van der Waals surface area contributed by atoms with Gasteiger partial charge in [-0.15, -0.1) is 4.40 Å². The van der Waals surface area contributed by atoms with Crippen molar-refractivity contribution in [3.8, 4) is 11.6 Å². The molecule has 0 N–H and O–H groups in total. The Labute approximate surface area is 145 Å². The van der Waals surface area contributed by atoms with Crippen LogP contribution in [0.5, 0.6) is 11.6 Å². The Morgan fingerprint density at radius 3 is 2.68 bits per heavy atom. The number of aromatic nitrogens is 1. The molecule has 6 nitrogen and oxygen atoms in total. The van der Waals surface area contributed by atoms with Gasteiger partial charge in [-0.1, -0.05) is 12.1 Å². The van der Waals surface area contributed by atoms with E-state index in [4.69, 9.17) is 4.74 Å². The van der Waals surface area contributed by atoms with Crippen LogP contribution in [-0.4, -0.2) is 36.4 Å². The fraction of sp³-hybridized carbons (Fsp3) is 0.111. The molecule has 3 heterocycles. The maximum atomic E-state index is 11.7. The summed E-state index contributed by atoms with van der Waals surface area (Å²) in [6, 6.07) is 13.1. The molecule has 1 aromatic carbocycles. The number of rotatable bonds is 3. The number of pyridine rings is 1. The van der Waals surface area contributed by atoms with Gasteiger partial charge in [0.25, 0.3) is 10.0 Å². The normalized spacial score (nSPS) is 18.2. The summed E-state index contributed by atoms with van der Waals surface area (Å²) in [5.74, 6) is 1.69. The van der Waals surface area contributed by atoms with Crippen molar-refractivity contribution in [2.24, 2.45) is 4.40 Å². The molecule has 126 valence electrons. The van der Waals surface area contributed by atoms with E-state index in [9.17, 15) is 8.42 Å². The number of fused-ring (bicyclic) bond motifs is 1. The van der Waals surface area contributed by atoms with Gasteiger partial charge in [-0.3, -0.25) is 0 Å². The van der Waals surface area contributed by atoms with Crippen LogP contribution in [0.3, 0.4) is 0 Å². The minimum absolute atomic E-state index is 0.0164. The molecule has 0 aliphatic carbocycles. The van der Waals surface area contributed by atoms with Gasteiger partial charge in [-0.25, -0.2) is 13.4 Å². The second-order valence-electron chi connectivity index (χ2n) is 5.59. The monoisotopic (exact) mass is 353 g/mol. The molecular formula is C18H15N3O3S. The van der Waals surface area contributed by atoms with Gasteiger partial charge in [0.2, 0.25) is 5.88 Å². The first-order chi connectivity index (χ1) is 12.1. The van der Waals surface area contributed by atoms with Crippen LogP contribution >= 0.6 is 0 Å². The quantitative estimate of drug-likeness (QED) is 0.848. The van der Waals surface area contributed by atoms with Gasteiger partial charge in [-0.2, -0.15) is 0 Å². The second kappa shape index (κ2) is 6.18. The molecule has 2 aromatic rings. The minimum Gasteiger partial charge on any atom is -0.439 e. The fourth-order valence-corrected chi connectivity index (χ4v) is 3.66. The van der Waals surface area contributed by atoms with E-state index in [1.54, 1.807) is 18.3 Å². The maximum absolute atomic E-state index is 11.7. The number of hydrogen-bond donors (Lipinski definition) is 0. The average Bonchev–Trinajstić information content (AvgIpc) is 2.62. The zero-order valence-electron chi connectivity index (χ0n) is 13.2. The average molecular weight is 353 g/mol. The zero-order chi connectivity index (χ0) is 17.3. The van der Waals surface area contributed by atoms with Crippen LogP contribution in [0, 0.1) is 0 Å². The summed E-state index contributed by atoms with van der Waals surface area (Å²) in [4.78, 5) is 6.04. The minimum atomic E-state index is -3.36. The standard InChI is InChI=1S/C18H15N3O3S/c22-25(23)13-12-21-16(4-3-5-17(21)20-25)14-7-9-15(10-8-14)24-18-6-1-2-11-19-18/h1-11H,12-13H2. The van der Waals surface area contributed by atoms with E-state index in [1.165, 1.54) is 0 Å². The molecular weight excluding hydrogens is 338 g/mol. The van der Waals surface area contributed by atoms with Crippen molar-refractivity contribution in [2.75, 3.05) is 12.3 Å². The third kappa shape index (κ3) is 3.32. The lowest BCUT2D eigenvalue weighted by atomic mass is 10.1. The highest BCUT2D eigenvalue weighted by Crippen LogP contribution is 2.28. The first kappa shape index (κ1) is 15.6. The predicted molar refractivity (Wildman–Crippen MR) is 95.8 cm³/mol. The Hall–Kier alpha value is -2.93. The Bertz CT molecular complexity index is 978. The molecule has 0 amide bonds. The lowest BCUT2D eigenvalue weighted by molar-refractivity contribution is 0.463. The van der Waals surface area contributed by atoms with Crippen LogP contribution in [0.1, 0.15) is 5.56 Å². The number of ether oxygens (including phenoxy) is 1. The molecule has 0 bridgehead atoms. The van der Waals surface area contributed by atoms with Gasteiger partial charge in [0.15, 0.2) is 0 Å². The Kier molecular flexibility index (Phi) is 3.85. The number of allylic oxidation sites excluding steroid dienone is 2. The largest absolute Gasteiger partial charge is 0.439 e. The Balaban J connectivity index is 1.58. The van der Waals surface area contributed by atoms with E-state index < -0.39 is 10.0 Å². The maximum Gasteiger partial charge on any atom is 0.256 e. The molecule has 25 heavy (non-hydrogen) atoms. The third-order valence-corrected chi connectivity index (χ3v) is 5.05. The third-order valence-electron chi connectivity index (χ3n) is 3.88.